The van der Waals surface area contributed by atoms with Crippen molar-refractivity contribution < 1.29 is 22.6 Å². The van der Waals surface area contributed by atoms with Crippen molar-refractivity contribution in [2.24, 2.45) is 5.10 Å². The highest BCUT2D eigenvalue weighted by Crippen LogP contribution is 2.36. The zero-order valence-electron chi connectivity index (χ0n) is 14.8. The highest BCUT2D eigenvalue weighted by Gasteiger charge is 2.13. The van der Waals surface area contributed by atoms with Crippen LogP contribution >= 0.6 is 15.9 Å². The third-order valence-corrected chi connectivity index (χ3v) is 5.18. The van der Waals surface area contributed by atoms with Gasteiger partial charge in [0.25, 0.3) is 10.0 Å². The molecular formula is C18H19BrN2O5S. The lowest BCUT2D eigenvalue weighted by Gasteiger charge is -2.12. The van der Waals surface area contributed by atoms with E-state index in [9.17, 15) is 8.42 Å². The summed E-state index contributed by atoms with van der Waals surface area (Å²) in [6.07, 6.45) is 2.99. The van der Waals surface area contributed by atoms with E-state index in [-0.39, 0.29) is 4.90 Å². The first-order chi connectivity index (χ1) is 12.9. The largest absolute Gasteiger partial charge is 0.497 e. The average Bonchev–Trinajstić information content (AvgIpc) is 2.66. The lowest BCUT2D eigenvalue weighted by Crippen LogP contribution is -2.18. The van der Waals surface area contributed by atoms with Crippen molar-refractivity contribution in [3.8, 4) is 17.2 Å². The van der Waals surface area contributed by atoms with Gasteiger partial charge in [-0.25, -0.2) is 4.83 Å². The van der Waals surface area contributed by atoms with Gasteiger partial charge in [-0.05, 0) is 57.9 Å². The SMILES string of the molecule is C=CCOc1c(Br)cc(/C=N\NS(=O)(=O)c2ccc(OC)cc2)cc1OC. The second-order valence-electron chi connectivity index (χ2n) is 5.16. The van der Waals surface area contributed by atoms with Gasteiger partial charge in [-0.15, -0.1) is 0 Å². The molecule has 2 rings (SSSR count). The van der Waals surface area contributed by atoms with Gasteiger partial charge in [-0.3, -0.25) is 0 Å². The number of benzene rings is 2. The number of hydrogen-bond donors (Lipinski definition) is 1. The third-order valence-electron chi connectivity index (χ3n) is 3.35. The molecule has 0 aliphatic carbocycles. The summed E-state index contributed by atoms with van der Waals surface area (Å²) in [6.45, 7) is 3.93. The van der Waals surface area contributed by atoms with Crippen molar-refractivity contribution in [3.05, 3.63) is 59.1 Å². The van der Waals surface area contributed by atoms with E-state index in [1.165, 1.54) is 32.6 Å². The van der Waals surface area contributed by atoms with E-state index >= 15 is 0 Å². The molecule has 0 unspecified atom stereocenters. The molecule has 0 fully saturated rings. The van der Waals surface area contributed by atoms with Crippen molar-refractivity contribution in [3.63, 3.8) is 0 Å². The van der Waals surface area contributed by atoms with Crippen molar-refractivity contribution in [1.29, 1.82) is 0 Å². The molecule has 0 saturated carbocycles. The number of ether oxygens (including phenoxy) is 3. The Morgan fingerprint density at radius 2 is 1.89 bits per heavy atom. The van der Waals surface area contributed by atoms with Crippen LogP contribution in [0, 0.1) is 0 Å². The van der Waals surface area contributed by atoms with Gasteiger partial charge < -0.3 is 14.2 Å². The van der Waals surface area contributed by atoms with Crippen LogP contribution in [-0.2, 0) is 10.0 Å². The van der Waals surface area contributed by atoms with Gasteiger partial charge in [0.1, 0.15) is 12.4 Å². The zero-order valence-corrected chi connectivity index (χ0v) is 17.2. The lowest BCUT2D eigenvalue weighted by atomic mass is 10.2. The number of hydrogen-bond acceptors (Lipinski definition) is 6. The van der Waals surface area contributed by atoms with Gasteiger partial charge >= 0.3 is 0 Å². The fraction of sp³-hybridized carbons (Fsp3) is 0.167. The number of methoxy groups -OCH3 is 2. The first-order valence-corrected chi connectivity index (χ1v) is 9.99. The molecule has 0 aliphatic rings. The molecule has 0 aliphatic heterocycles. The first kappa shape index (κ1) is 20.8. The number of hydrazone groups is 1. The van der Waals surface area contributed by atoms with Crippen LogP contribution in [0.4, 0.5) is 0 Å². The summed E-state index contributed by atoms with van der Waals surface area (Å²) in [5.74, 6) is 1.56. The van der Waals surface area contributed by atoms with E-state index in [2.05, 4.69) is 32.4 Å². The monoisotopic (exact) mass is 454 g/mol. The second-order valence-corrected chi connectivity index (χ2v) is 7.68. The van der Waals surface area contributed by atoms with E-state index in [4.69, 9.17) is 14.2 Å². The molecule has 0 spiro atoms. The Balaban J connectivity index is 2.17. The Morgan fingerprint density at radius 1 is 1.19 bits per heavy atom. The van der Waals surface area contributed by atoms with Crippen molar-refractivity contribution >= 4 is 32.2 Å². The Hall–Kier alpha value is -2.52. The molecule has 2 aromatic carbocycles. The third kappa shape index (κ3) is 5.48. The summed E-state index contributed by atoms with van der Waals surface area (Å²) in [6, 6.07) is 9.38. The predicted octanol–water partition coefficient (Wildman–Crippen LogP) is 3.34. The van der Waals surface area contributed by atoms with Crippen LogP contribution in [0.15, 0.2) is 63.5 Å². The molecule has 27 heavy (non-hydrogen) atoms. The van der Waals surface area contributed by atoms with Gasteiger partial charge in [-0.1, -0.05) is 12.7 Å². The molecule has 0 aromatic heterocycles. The molecular weight excluding hydrogens is 436 g/mol. The van der Waals surface area contributed by atoms with Gasteiger partial charge in [-0.2, -0.15) is 13.5 Å². The van der Waals surface area contributed by atoms with Gasteiger partial charge in [0.2, 0.25) is 0 Å². The molecule has 7 nitrogen and oxygen atoms in total. The highest BCUT2D eigenvalue weighted by molar-refractivity contribution is 9.10. The summed E-state index contributed by atoms with van der Waals surface area (Å²) in [5.41, 5.74) is 0.613. The number of nitrogens with one attached hydrogen (secondary N) is 1. The molecule has 0 radical (unpaired) electrons. The maximum Gasteiger partial charge on any atom is 0.276 e. The lowest BCUT2D eigenvalue weighted by molar-refractivity contribution is 0.324. The van der Waals surface area contributed by atoms with E-state index in [1.54, 1.807) is 30.3 Å². The topological polar surface area (TPSA) is 86.2 Å². The quantitative estimate of drug-likeness (QED) is 0.356. The standard InChI is InChI=1S/C18H19BrN2O5S/c1-4-9-26-18-16(19)10-13(11-17(18)25-3)12-20-21-27(22,23)15-7-5-14(24-2)6-8-15/h4-8,10-12,21H,1,9H2,2-3H3/b20-12-. The molecule has 0 amide bonds. The van der Waals surface area contributed by atoms with Crippen LogP contribution in [0.5, 0.6) is 17.2 Å². The molecule has 0 bridgehead atoms. The predicted molar refractivity (Wildman–Crippen MR) is 107 cm³/mol. The summed E-state index contributed by atoms with van der Waals surface area (Å²) in [4.78, 5) is 2.24. The van der Waals surface area contributed by atoms with Crippen LogP contribution in [0.1, 0.15) is 5.56 Å². The molecule has 0 atom stereocenters. The molecule has 9 heteroatoms. The van der Waals surface area contributed by atoms with E-state index < -0.39 is 10.0 Å². The van der Waals surface area contributed by atoms with Crippen molar-refractivity contribution in [2.75, 3.05) is 20.8 Å². The first-order valence-electron chi connectivity index (χ1n) is 7.71. The Kier molecular flexibility index (Phi) is 7.26. The van der Waals surface area contributed by atoms with E-state index in [0.29, 0.717) is 33.9 Å². The fourth-order valence-corrected chi connectivity index (χ4v) is 3.44. The van der Waals surface area contributed by atoms with Crippen LogP contribution < -0.4 is 19.0 Å². The molecule has 144 valence electrons. The smallest absolute Gasteiger partial charge is 0.276 e. The maximum absolute atomic E-state index is 12.3. The zero-order chi connectivity index (χ0) is 19.9. The van der Waals surface area contributed by atoms with Crippen LogP contribution in [0.2, 0.25) is 0 Å². The minimum absolute atomic E-state index is 0.0763. The summed E-state index contributed by atoms with van der Waals surface area (Å²) in [7, 11) is -0.768. The number of nitrogens with zero attached hydrogens (tertiary/aromatic N) is 1. The highest BCUT2D eigenvalue weighted by atomic mass is 79.9. The van der Waals surface area contributed by atoms with Crippen LogP contribution in [0.25, 0.3) is 0 Å². The molecule has 1 N–H and O–H groups in total. The van der Waals surface area contributed by atoms with Crippen molar-refractivity contribution in [1.82, 2.24) is 4.83 Å². The Bertz CT molecular complexity index is 928. The van der Waals surface area contributed by atoms with E-state index in [0.717, 1.165) is 0 Å². The van der Waals surface area contributed by atoms with Gasteiger partial charge in [0, 0.05) is 0 Å². The summed E-state index contributed by atoms with van der Waals surface area (Å²) >= 11 is 3.40. The van der Waals surface area contributed by atoms with E-state index in [1.807, 2.05) is 0 Å². The summed E-state index contributed by atoms with van der Waals surface area (Å²) in [5, 5.41) is 3.81. The van der Waals surface area contributed by atoms with Gasteiger partial charge in [0.05, 0.1) is 29.8 Å². The van der Waals surface area contributed by atoms with Crippen LogP contribution in [-0.4, -0.2) is 35.5 Å². The minimum Gasteiger partial charge on any atom is -0.497 e. The number of rotatable bonds is 9. The van der Waals surface area contributed by atoms with Crippen LogP contribution in [0.3, 0.4) is 0 Å². The normalized spacial score (nSPS) is 11.2. The minimum atomic E-state index is -3.78. The number of sulfonamides is 1. The number of halogens is 1. The summed E-state index contributed by atoms with van der Waals surface area (Å²) < 4.78 is 41.0. The molecule has 2 aromatic rings. The second kappa shape index (κ2) is 9.43. The Morgan fingerprint density at radius 3 is 2.48 bits per heavy atom. The Labute approximate surface area is 166 Å². The average molecular weight is 455 g/mol. The molecule has 0 heterocycles. The van der Waals surface area contributed by atoms with Gasteiger partial charge in [0.15, 0.2) is 11.5 Å². The maximum atomic E-state index is 12.3. The van der Waals surface area contributed by atoms with Crippen molar-refractivity contribution in [2.45, 2.75) is 4.90 Å². The molecule has 0 saturated heterocycles. The fourth-order valence-electron chi connectivity index (χ4n) is 2.07.